The van der Waals surface area contributed by atoms with E-state index in [1.54, 1.807) is 0 Å². The van der Waals surface area contributed by atoms with E-state index in [4.69, 9.17) is 9.88 Å². The molecule has 26 heavy (non-hydrogen) atoms. The van der Waals surface area contributed by atoms with Crippen LogP contribution in [0.5, 0.6) is 0 Å². The zero-order chi connectivity index (χ0) is 20.2. The van der Waals surface area contributed by atoms with Crippen molar-refractivity contribution in [2.24, 2.45) is 17.0 Å². The molecule has 2 rings (SSSR count). The Morgan fingerprint density at radius 3 is 2.35 bits per heavy atom. The van der Waals surface area contributed by atoms with Crippen LogP contribution in [0, 0.1) is 11.8 Å². The number of primary sulfonamides is 1. The molecule has 0 bridgehead atoms. The summed E-state index contributed by atoms with van der Waals surface area (Å²) in [5.41, 5.74) is -0.414. The summed E-state index contributed by atoms with van der Waals surface area (Å²) in [6, 6.07) is 0.243. The lowest BCUT2D eigenvalue weighted by atomic mass is 9.99. The molecule has 2 fully saturated rings. The predicted molar refractivity (Wildman–Crippen MR) is 105 cm³/mol. The standard InChI is InChI=1S/C10H17NO2.C9H19NO2S/c1-5-7-6-8(7)11-9(12)13-10(2,3)4;1-3-4-5-8(2)9(6-7-9)13(10,11)12/h5,7-8H,1,6H2,2-4H3,(H,11,12);8H,3-7H2,1-2H3,(H2,10,11,12)/t7-,8+;/m0./s1. The van der Waals surface area contributed by atoms with E-state index in [2.05, 4.69) is 18.8 Å². The number of alkyl carbamates (subject to hydrolysis) is 1. The first-order chi connectivity index (χ1) is 11.9. The van der Waals surface area contributed by atoms with Crippen LogP contribution in [0.4, 0.5) is 4.79 Å². The Labute approximate surface area is 159 Å². The number of hydrogen-bond donors (Lipinski definition) is 2. The number of amides is 1. The molecule has 2 aliphatic carbocycles. The van der Waals surface area contributed by atoms with Gasteiger partial charge in [-0.1, -0.05) is 32.8 Å². The third kappa shape index (κ3) is 6.91. The van der Waals surface area contributed by atoms with E-state index in [1.807, 2.05) is 33.8 Å². The molecule has 3 N–H and O–H groups in total. The first-order valence-corrected chi connectivity index (χ1v) is 11.1. The summed E-state index contributed by atoms with van der Waals surface area (Å²) in [6.45, 7) is 13.3. The van der Waals surface area contributed by atoms with Gasteiger partial charge in [0.15, 0.2) is 0 Å². The van der Waals surface area contributed by atoms with Crippen molar-refractivity contribution in [3.05, 3.63) is 12.7 Å². The summed E-state index contributed by atoms with van der Waals surface area (Å²) in [7, 11) is -3.32. The molecule has 0 aromatic carbocycles. The quantitative estimate of drug-likeness (QED) is 0.649. The van der Waals surface area contributed by atoms with Crippen molar-refractivity contribution in [3.8, 4) is 0 Å². The minimum atomic E-state index is -3.32. The number of nitrogens with one attached hydrogen (secondary N) is 1. The third-order valence-electron chi connectivity index (χ3n) is 5.04. The fourth-order valence-corrected chi connectivity index (χ4v) is 4.40. The maximum absolute atomic E-state index is 11.3. The Bertz CT molecular complexity index is 591. The second-order valence-corrected chi connectivity index (χ2v) is 10.4. The van der Waals surface area contributed by atoms with Crippen LogP contribution >= 0.6 is 0 Å². The van der Waals surface area contributed by atoms with Gasteiger partial charge in [-0.05, 0) is 58.3 Å². The molecular formula is C19H36N2O4S. The van der Waals surface area contributed by atoms with Gasteiger partial charge in [0.25, 0.3) is 0 Å². The van der Waals surface area contributed by atoms with E-state index in [9.17, 15) is 13.2 Å². The second-order valence-electron chi connectivity index (χ2n) is 8.54. The molecule has 1 unspecified atom stereocenters. The molecule has 0 radical (unpaired) electrons. The monoisotopic (exact) mass is 388 g/mol. The Morgan fingerprint density at radius 2 is 2.00 bits per heavy atom. The number of carbonyl (C=O) groups is 1. The number of sulfonamides is 1. The summed E-state index contributed by atoms with van der Waals surface area (Å²) >= 11 is 0. The molecule has 0 saturated heterocycles. The van der Waals surface area contributed by atoms with Crippen molar-refractivity contribution in [1.29, 1.82) is 0 Å². The highest BCUT2D eigenvalue weighted by Gasteiger charge is 2.56. The molecule has 152 valence electrons. The van der Waals surface area contributed by atoms with E-state index in [-0.39, 0.29) is 18.1 Å². The van der Waals surface area contributed by atoms with Gasteiger partial charge in [0.2, 0.25) is 10.0 Å². The smallest absolute Gasteiger partial charge is 0.407 e. The minimum absolute atomic E-state index is 0.224. The molecule has 0 aromatic rings. The summed E-state index contributed by atoms with van der Waals surface area (Å²) in [6.07, 6.45) is 7.23. The SMILES string of the molecule is C=C[C@H]1C[C@H]1NC(=O)OC(C)(C)C.CCCCC(C)C1(S(N)(=O)=O)CC1. The van der Waals surface area contributed by atoms with E-state index < -0.39 is 20.4 Å². The lowest BCUT2D eigenvalue weighted by Crippen LogP contribution is -2.36. The van der Waals surface area contributed by atoms with Gasteiger partial charge in [-0.3, -0.25) is 0 Å². The lowest BCUT2D eigenvalue weighted by Gasteiger charge is -2.20. The van der Waals surface area contributed by atoms with Gasteiger partial charge in [-0.25, -0.2) is 18.4 Å². The highest BCUT2D eigenvalue weighted by atomic mass is 32.2. The molecule has 2 saturated carbocycles. The van der Waals surface area contributed by atoms with Crippen molar-refractivity contribution in [3.63, 3.8) is 0 Å². The van der Waals surface area contributed by atoms with Gasteiger partial charge >= 0.3 is 6.09 Å². The zero-order valence-corrected chi connectivity index (χ0v) is 17.7. The van der Waals surface area contributed by atoms with Crippen LogP contribution in [0.15, 0.2) is 12.7 Å². The fraction of sp³-hybridized carbons (Fsp3) is 0.842. The van der Waals surface area contributed by atoms with Gasteiger partial charge in [0, 0.05) is 6.04 Å². The second kappa shape index (κ2) is 8.74. The van der Waals surface area contributed by atoms with Crippen LogP contribution in [-0.4, -0.2) is 30.9 Å². The summed E-state index contributed by atoms with van der Waals surface area (Å²) in [5.74, 6) is 0.662. The average molecular weight is 389 g/mol. The molecule has 3 atom stereocenters. The number of unbranched alkanes of at least 4 members (excludes halogenated alkanes) is 1. The van der Waals surface area contributed by atoms with Gasteiger partial charge < -0.3 is 10.1 Å². The Morgan fingerprint density at radius 1 is 1.42 bits per heavy atom. The number of ether oxygens (including phenoxy) is 1. The molecular weight excluding hydrogens is 352 g/mol. The van der Waals surface area contributed by atoms with Crippen molar-refractivity contribution in [2.45, 2.75) is 89.5 Å². The van der Waals surface area contributed by atoms with Crippen LogP contribution in [0.25, 0.3) is 0 Å². The van der Waals surface area contributed by atoms with Gasteiger partial charge in [-0.2, -0.15) is 0 Å². The average Bonchev–Trinajstić information content (AvgIpc) is 3.36. The topological polar surface area (TPSA) is 98.5 Å². The molecule has 0 aromatic heterocycles. The van der Waals surface area contributed by atoms with Gasteiger partial charge in [0.1, 0.15) is 5.60 Å². The van der Waals surface area contributed by atoms with Crippen molar-refractivity contribution >= 4 is 16.1 Å². The Hall–Kier alpha value is -1.08. The summed E-state index contributed by atoms with van der Waals surface area (Å²) in [5, 5.41) is 8.00. The molecule has 7 heteroatoms. The Kier molecular flexibility index (Phi) is 7.72. The molecule has 2 aliphatic rings. The third-order valence-corrected chi connectivity index (χ3v) is 6.99. The van der Waals surface area contributed by atoms with Gasteiger partial charge in [0.05, 0.1) is 4.75 Å². The highest BCUT2D eigenvalue weighted by Crippen LogP contribution is 2.49. The van der Waals surface area contributed by atoms with Crippen LogP contribution in [0.3, 0.4) is 0 Å². The van der Waals surface area contributed by atoms with Crippen molar-refractivity contribution in [2.75, 3.05) is 0 Å². The van der Waals surface area contributed by atoms with Crippen molar-refractivity contribution < 1.29 is 17.9 Å². The number of nitrogens with two attached hydrogens (primary N) is 1. The Balaban J connectivity index is 0.000000260. The molecule has 0 aliphatic heterocycles. The summed E-state index contributed by atoms with van der Waals surface area (Å²) < 4.78 is 27.1. The molecule has 0 heterocycles. The lowest BCUT2D eigenvalue weighted by molar-refractivity contribution is 0.0522. The maximum Gasteiger partial charge on any atom is 0.407 e. The zero-order valence-electron chi connectivity index (χ0n) is 16.9. The van der Waals surface area contributed by atoms with Crippen LogP contribution in [0.2, 0.25) is 0 Å². The number of carbonyl (C=O) groups excluding carboxylic acids is 1. The number of hydrogen-bond acceptors (Lipinski definition) is 4. The molecule has 1 amide bonds. The summed E-state index contributed by atoms with van der Waals surface area (Å²) in [4.78, 5) is 11.2. The first-order valence-electron chi connectivity index (χ1n) is 9.50. The van der Waals surface area contributed by atoms with Crippen molar-refractivity contribution in [1.82, 2.24) is 5.32 Å². The van der Waals surface area contributed by atoms with E-state index >= 15 is 0 Å². The molecule has 6 nitrogen and oxygen atoms in total. The maximum atomic E-state index is 11.3. The fourth-order valence-electron chi connectivity index (χ4n) is 3.05. The van der Waals surface area contributed by atoms with E-state index in [0.717, 1.165) is 38.5 Å². The normalized spacial score (nSPS) is 24.5. The van der Waals surface area contributed by atoms with E-state index in [0.29, 0.717) is 5.92 Å². The predicted octanol–water partition coefficient (Wildman–Crippen LogP) is 3.72. The molecule has 0 spiro atoms. The largest absolute Gasteiger partial charge is 0.444 e. The highest BCUT2D eigenvalue weighted by molar-refractivity contribution is 7.90. The van der Waals surface area contributed by atoms with E-state index in [1.165, 1.54) is 0 Å². The number of rotatable bonds is 7. The van der Waals surface area contributed by atoms with Crippen LogP contribution < -0.4 is 10.5 Å². The first kappa shape index (κ1) is 23.0. The minimum Gasteiger partial charge on any atom is -0.444 e. The van der Waals surface area contributed by atoms with Crippen LogP contribution in [-0.2, 0) is 14.8 Å². The van der Waals surface area contributed by atoms with Gasteiger partial charge in [-0.15, -0.1) is 6.58 Å². The van der Waals surface area contributed by atoms with Crippen LogP contribution in [0.1, 0.15) is 73.1 Å².